The van der Waals surface area contributed by atoms with Crippen LogP contribution in [0, 0.1) is 6.42 Å². The van der Waals surface area contributed by atoms with Crippen molar-refractivity contribution in [3.05, 3.63) is 42.3 Å². The third kappa shape index (κ3) is 5.06. The van der Waals surface area contributed by atoms with Crippen LogP contribution in [0.1, 0.15) is 44.6 Å². The Morgan fingerprint density at radius 2 is 1.79 bits per heavy atom. The molecule has 0 aliphatic heterocycles. The minimum atomic E-state index is 1.13. The van der Waals surface area contributed by atoms with Crippen LogP contribution in [-0.2, 0) is 6.42 Å². The summed E-state index contributed by atoms with van der Waals surface area (Å²) >= 11 is 0. The summed E-state index contributed by atoms with van der Waals surface area (Å²) in [6.07, 6.45) is 10.3. The van der Waals surface area contributed by atoms with E-state index in [1.54, 1.807) is 0 Å². The van der Waals surface area contributed by atoms with Crippen molar-refractivity contribution in [3.63, 3.8) is 0 Å². The van der Waals surface area contributed by atoms with Gasteiger partial charge in [0.15, 0.2) is 0 Å². The van der Waals surface area contributed by atoms with Gasteiger partial charge in [-0.2, -0.15) is 0 Å². The zero-order chi connectivity index (χ0) is 10.1. The summed E-state index contributed by atoms with van der Waals surface area (Å²) in [6.45, 7) is 2.26. The summed E-state index contributed by atoms with van der Waals surface area (Å²) in [5, 5.41) is 0. The second-order valence-corrected chi connectivity index (χ2v) is 3.83. The fourth-order valence-corrected chi connectivity index (χ4v) is 1.60. The van der Waals surface area contributed by atoms with Crippen LogP contribution < -0.4 is 0 Å². The predicted molar refractivity (Wildman–Crippen MR) is 63.2 cm³/mol. The van der Waals surface area contributed by atoms with Crippen LogP contribution in [0.4, 0.5) is 0 Å². The predicted octanol–water partition coefficient (Wildman–Crippen LogP) is 4.40. The Morgan fingerprint density at radius 3 is 2.50 bits per heavy atom. The van der Waals surface area contributed by atoms with E-state index in [1.807, 2.05) is 0 Å². The topological polar surface area (TPSA) is 0 Å². The Bertz CT molecular complexity index is 213. The summed E-state index contributed by atoms with van der Waals surface area (Å²) in [4.78, 5) is 0. The Morgan fingerprint density at radius 1 is 1.00 bits per heavy atom. The molecule has 0 bridgehead atoms. The van der Waals surface area contributed by atoms with E-state index < -0.39 is 0 Å². The van der Waals surface area contributed by atoms with Crippen molar-refractivity contribution >= 4 is 0 Å². The van der Waals surface area contributed by atoms with E-state index in [0.29, 0.717) is 0 Å². The molecule has 1 aromatic rings. The standard InChI is InChI=1S/C14H21/c1-2-3-4-5-6-8-11-14-12-9-7-10-13-14/h7-10,12-13H,2-6,11H2,1H3. The van der Waals surface area contributed by atoms with Gasteiger partial charge in [-0.25, -0.2) is 0 Å². The third-order valence-electron chi connectivity index (χ3n) is 2.48. The van der Waals surface area contributed by atoms with Gasteiger partial charge in [-0.05, 0) is 24.8 Å². The van der Waals surface area contributed by atoms with Crippen molar-refractivity contribution in [2.45, 2.75) is 45.4 Å². The van der Waals surface area contributed by atoms with Crippen LogP contribution in [0.15, 0.2) is 30.3 Å². The number of hydrogen-bond acceptors (Lipinski definition) is 0. The van der Waals surface area contributed by atoms with E-state index in [0.717, 1.165) is 6.42 Å². The molecule has 1 aromatic carbocycles. The Labute approximate surface area is 88.4 Å². The summed E-state index contributed by atoms with van der Waals surface area (Å²) in [6, 6.07) is 10.7. The average molecular weight is 189 g/mol. The molecule has 0 nitrogen and oxygen atoms in total. The van der Waals surface area contributed by atoms with Crippen LogP contribution in [0.25, 0.3) is 0 Å². The van der Waals surface area contributed by atoms with Crippen LogP contribution in [-0.4, -0.2) is 0 Å². The normalized spacial score (nSPS) is 10.4. The minimum absolute atomic E-state index is 1.13. The lowest BCUT2D eigenvalue weighted by atomic mass is 10.1. The van der Waals surface area contributed by atoms with E-state index in [2.05, 4.69) is 43.7 Å². The smallest absolute Gasteiger partial charge is 0.0248 e. The maximum absolute atomic E-state index is 2.41. The first kappa shape index (κ1) is 11.3. The quantitative estimate of drug-likeness (QED) is 0.557. The summed E-state index contributed by atoms with van der Waals surface area (Å²) in [5.74, 6) is 0. The monoisotopic (exact) mass is 189 g/mol. The third-order valence-corrected chi connectivity index (χ3v) is 2.48. The zero-order valence-corrected chi connectivity index (χ0v) is 9.21. The van der Waals surface area contributed by atoms with E-state index in [1.165, 1.54) is 37.7 Å². The number of hydrogen-bond donors (Lipinski definition) is 0. The van der Waals surface area contributed by atoms with Gasteiger partial charge in [-0.1, -0.05) is 62.9 Å². The molecule has 0 amide bonds. The fourth-order valence-electron chi connectivity index (χ4n) is 1.60. The second-order valence-electron chi connectivity index (χ2n) is 3.83. The molecular formula is C14H21. The Hall–Kier alpha value is -0.780. The molecule has 77 valence electrons. The number of rotatable bonds is 7. The molecule has 0 aliphatic carbocycles. The van der Waals surface area contributed by atoms with Gasteiger partial charge >= 0.3 is 0 Å². The van der Waals surface area contributed by atoms with E-state index in [-0.39, 0.29) is 0 Å². The van der Waals surface area contributed by atoms with Gasteiger partial charge in [0.05, 0.1) is 0 Å². The highest BCUT2D eigenvalue weighted by Crippen LogP contribution is 2.08. The highest BCUT2D eigenvalue weighted by atomic mass is 14.0. The van der Waals surface area contributed by atoms with Gasteiger partial charge in [-0.3, -0.25) is 0 Å². The molecule has 0 fully saturated rings. The van der Waals surface area contributed by atoms with Crippen molar-refractivity contribution in [2.75, 3.05) is 0 Å². The minimum Gasteiger partial charge on any atom is -0.0654 e. The van der Waals surface area contributed by atoms with Gasteiger partial charge in [0, 0.05) is 0 Å². The summed E-state index contributed by atoms with van der Waals surface area (Å²) < 4.78 is 0. The van der Waals surface area contributed by atoms with Gasteiger partial charge < -0.3 is 0 Å². The zero-order valence-electron chi connectivity index (χ0n) is 9.21. The highest BCUT2D eigenvalue weighted by Gasteiger charge is 1.92. The largest absolute Gasteiger partial charge is 0.0654 e. The van der Waals surface area contributed by atoms with E-state index >= 15 is 0 Å². The molecule has 0 N–H and O–H groups in total. The van der Waals surface area contributed by atoms with Gasteiger partial charge in [0.25, 0.3) is 0 Å². The van der Waals surface area contributed by atoms with Crippen molar-refractivity contribution in [3.8, 4) is 0 Å². The lowest BCUT2D eigenvalue weighted by molar-refractivity contribution is 0.657. The average Bonchev–Trinajstić information content (AvgIpc) is 2.25. The van der Waals surface area contributed by atoms with Gasteiger partial charge in [0.2, 0.25) is 0 Å². The molecule has 0 heteroatoms. The maximum atomic E-state index is 2.41. The first-order valence-electron chi connectivity index (χ1n) is 5.79. The van der Waals surface area contributed by atoms with Crippen molar-refractivity contribution < 1.29 is 0 Å². The molecule has 14 heavy (non-hydrogen) atoms. The SMILES string of the molecule is CCCCCC[CH]Cc1ccccc1. The summed E-state index contributed by atoms with van der Waals surface area (Å²) in [7, 11) is 0. The lowest BCUT2D eigenvalue weighted by Crippen LogP contribution is -1.86. The molecule has 0 heterocycles. The maximum Gasteiger partial charge on any atom is -0.0248 e. The first-order chi connectivity index (χ1) is 6.93. The molecule has 0 saturated carbocycles. The molecule has 0 atom stereocenters. The van der Waals surface area contributed by atoms with E-state index in [9.17, 15) is 0 Å². The van der Waals surface area contributed by atoms with Crippen LogP contribution in [0.2, 0.25) is 0 Å². The molecular weight excluding hydrogens is 168 g/mol. The molecule has 1 rings (SSSR count). The molecule has 0 aromatic heterocycles. The van der Waals surface area contributed by atoms with Crippen molar-refractivity contribution in [1.29, 1.82) is 0 Å². The number of unbranched alkanes of at least 4 members (excludes halogenated alkanes) is 5. The molecule has 0 saturated heterocycles. The number of benzene rings is 1. The van der Waals surface area contributed by atoms with Gasteiger partial charge in [0.1, 0.15) is 0 Å². The summed E-state index contributed by atoms with van der Waals surface area (Å²) in [5.41, 5.74) is 1.43. The fraction of sp³-hybridized carbons (Fsp3) is 0.500. The molecule has 1 radical (unpaired) electrons. The lowest BCUT2D eigenvalue weighted by Gasteiger charge is -2.00. The van der Waals surface area contributed by atoms with Crippen molar-refractivity contribution in [1.82, 2.24) is 0 Å². The van der Waals surface area contributed by atoms with Crippen LogP contribution in [0.5, 0.6) is 0 Å². The molecule has 0 spiro atoms. The second kappa shape index (κ2) is 7.61. The van der Waals surface area contributed by atoms with Crippen molar-refractivity contribution in [2.24, 2.45) is 0 Å². The highest BCUT2D eigenvalue weighted by molar-refractivity contribution is 5.16. The Kier molecular flexibility index (Phi) is 6.14. The van der Waals surface area contributed by atoms with Crippen LogP contribution >= 0.6 is 0 Å². The first-order valence-corrected chi connectivity index (χ1v) is 5.79. The van der Waals surface area contributed by atoms with E-state index in [4.69, 9.17) is 0 Å². The van der Waals surface area contributed by atoms with Crippen LogP contribution in [0.3, 0.4) is 0 Å². The Balaban J connectivity index is 1.99. The molecule has 0 unspecified atom stereocenters. The van der Waals surface area contributed by atoms with Gasteiger partial charge in [-0.15, -0.1) is 0 Å². The molecule has 0 aliphatic rings.